The van der Waals surface area contributed by atoms with Gasteiger partial charge in [-0.2, -0.15) is 5.10 Å². The van der Waals surface area contributed by atoms with E-state index in [0.717, 1.165) is 49.0 Å². The summed E-state index contributed by atoms with van der Waals surface area (Å²) in [7, 11) is 1.66. The molecular formula is C22H35N5O2. The van der Waals surface area contributed by atoms with Crippen molar-refractivity contribution in [2.24, 2.45) is 16.8 Å². The first kappa shape index (κ1) is 22.7. The summed E-state index contributed by atoms with van der Waals surface area (Å²) in [4.78, 5) is 4.67. The van der Waals surface area contributed by atoms with Crippen LogP contribution in [0.4, 0.5) is 0 Å². The number of benzene rings is 1. The van der Waals surface area contributed by atoms with Crippen LogP contribution in [0.25, 0.3) is 5.69 Å². The van der Waals surface area contributed by atoms with Gasteiger partial charge in [-0.1, -0.05) is 13.8 Å². The molecule has 2 aromatic rings. The molecule has 1 aromatic heterocycles. The molecule has 160 valence electrons. The van der Waals surface area contributed by atoms with Crippen LogP contribution < -0.4 is 15.4 Å². The number of aliphatic hydroxyl groups excluding tert-OH is 1. The second-order valence-corrected chi connectivity index (χ2v) is 7.53. The van der Waals surface area contributed by atoms with Crippen molar-refractivity contribution in [3.05, 3.63) is 42.2 Å². The Morgan fingerprint density at radius 2 is 1.97 bits per heavy atom. The lowest BCUT2D eigenvalue weighted by molar-refractivity contribution is 0.243. The van der Waals surface area contributed by atoms with Gasteiger partial charge in [0.05, 0.1) is 25.0 Å². The third-order valence-electron chi connectivity index (χ3n) is 4.62. The maximum absolute atomic E-state index is 9.30. The minimum Gasteiger partial charge on any atom is -0.497 e. The minimum absolute atomic E-state index is 0.218. The molecule has 0 fully saturated rings. The van der Waals surface area contributed by atoms with Gasteiger partial charge in [0.2, 0.25) is 0 Å². The molecule has 1 unspecified atom stereocenters. The van der Waals surface area contributed by atoms with E-state index in [-0.39, 0.29) is 6.61 Å². The lowest BCUT2D eigenvalue weighted by Gasteiger charge is -2.20. The van der Waals surface area contributed by atoms with E-state index >= 15 is 0 Å². The smallest absolute Gasteiger partial charge is 0.191 e. The predicted octanol–water partition coefficient (Wildman–Crippen LogP) is 2.98. The second-order valence-electron chi connectivity index (χ2n) is 7.53. The van der Waals surface area contributed by atoms with Crippen molar-refractivity contribution in [2.45, 2.75) is 40.2 Å². The Morgan fingerprint density at radius 1 is 1.21 bits per heavy atom. The summed E-state index contributed by atoms with van der Waals surface area (Å²) in [5, 5.41) is 20.6. The first-order valence-corrected chi connectivity index (χ1v) is 10.4. The molecule has 0 bridgehead atoms. The van der Waals surface area contributed by atoms with Crippen LogP contribution in [-0.4, -0.2) is 47.7 Å². The summed E-state index contributed by atoms with van der Waals surface area (Å²) in [6.45, 7) is 8.77. The highest BCUT2D eigenvalue weighted by Crippen LogP contribution is 2.15. The first-order valence-electron chi connectivity index (χ1n) is 10.4. The fourth-order valence-electron chi connectivity index (χ4n) is 3.22. The monoisotopic (exact) mass is 401 g/mol. The molecule has 0 spiro atoms. The Labute approximate surface area is 174 Å². The van der Waals surface area contributed by atoms with E-state index in [4.69, 9.17) is 4.74 Å². The molecule has 0 saturated heterocycles. The number of hydrogen-bond acceptors (Lipinski definition) is 4. The van der Waals surface area contributed by atoms with E-state index in [1.807, 2.05) is 41.2 Å². The van der Waals surface area contributed by atoms with Gasteiger partial charge < -0.3 is 20.5 Å². The average Bonchev–Trinajstić information content (AvgIpc) is 3.19. The molecular weight excluding hydrogens is 366 g/mol. The fourth-order valence-corrected chi connectivity index (χ4v) is 3.22. The number of nitrogens with zero attached hydrogens (tertiary/aromatic N) is 3. The fraction of sp³-hybridized carbons (Fsp3) is 0.545. The van der Waals surface area contributed by atoms with Crippen molar-refractivity contribution in [1.29, 1.82) is 0 Å². The third kappa shape index (κ3) is 7.77. The zero-order valence-electron chi connectivity index (χ0n) is 18.1. The maximum atomic E-state index is 9.30. The molecule has 7 nitrogen and oxygen atoms in total. The van der Waals surface area contributed by atoms with Crippen LogP contribution in [0, 0.1) is 11.8 Å². The number of hydrogen-bond donors (Lipinski definition) is 3. The Bertz CT molecular complexity index is 740. The zero-order valence-corrected chi connectivity index (χ0v) is 18.1. The van der Waals surface area contributed by atoms with Gasteiger partial charge in [0.1, 0.15) is 5.75 Å². The molecule has 0 aliphatic carbocycles. The van der Waals surface area contributed by atoms with Crippen molar-refractivity contribution in [3.63, 3.8) is 0 Å². The van der Waals surface area contributed by atoms with Gasteiger partial charge in [-0.15, -0.1) is 0 Å². The molecule has 7 heteroatoms. The highest BCUT2D eigenvalue weighted by Gasteiger charge is 2.11. The quantitative estimate of drug-likeness (QED) is 0.398. The standard InChI is InChI=1S/C22H35N5O2/c1-5-23-22(24-15-18(11-13-28)14-17(2)3)25-16-19-10-12-27(26-19)20-6-8-21(29-4)9-7-20/h6-10,12,17-18,28H,5,11,13-16H2,1-4H3,(H2,23,24,25). The Hall–Kier alpha value is -2.54. The van der Waals surface area contributed by atoms with E-state index in [9.17, 15) is 5.11 Å². The van der Waals surface area contributed by atoms with Gasteiger partial charge in [0, 0.05) is 25.9 Å². The summed E-state index contributed by atoms with van der Waals surface area (Å²) < 4.78 is 7.04. The Morgan fingerprint density at radius 3 is 2.59 bits per heavy atom. The number of nitrogens with one attached hydrogen (secondary N) is 2. The SMILES string of the molecule is CCNC(=NCc1ccn(-c2ccc(OC)cc2)n1)NCC(CCO)CC(C)C. The third-order valence-corrected chi connectivity index (χ3v) is 4.62. The van der Waals surface area contributed by atoms with Crippen LogP contribution in [0.1, 0.15) is 39.3 Å². The predicted molar refractivity (Wildman–Crippen MR) is 118 cm³/mol. The molecule has 1 heterocycles. The normalized spacial score (nSPS) is 12.8. The van der Waals surface area contributed by atoms with E-state index in [1.54, 1.807) is 7.11 Å². The van der Waals surface area contributed by atoms with Crippen LogP contribution in [0.2, 0.25) is 0 Å². The number of rotatable bonds is 11. The molecule has 1 atom stereocenters. The molecule has 3 N–H and O–H groups in total. The highest BCUT2D eigenvalue weighted by atomic mass is 16.5. The van der Waals surface area contributed by atoms with Crippen molar-refractivity contribution in [3.8, 4) is 11.4 Å². The maximum Gasteiger partial charge on any atom is 0.191 e. The molecule has 0 saturated carbocycles. The molecule has 0 aliphatic heterocycles. The number of methoxy groups -OCH3 is 1. The van der Waals surface area contributed by atoms with Crippen LogP contribution in [0.3, 0.4) is 0 Å². The summed E-state index contributed by atoms with van der Waals surface area (Å²) in [6.07, 6.45) is 3.82. The molecule has 0 aliphatic rings. The van der Waals surface area contributed by atoms with Gasteiger partial charge in [-0.25, -0.2) is 9.67 Å². The summed E-state index contributed by atoms with van der Waals surface area (Å²) in [5.74, 6) is 2.63. The average molecular weight is 402 g/mol. The van der Waals surface area contributed by atoms with Crippen molar-refractivity contribution < 1.29 is 9.84 Å². The number of guanidine groups is 1. The van der Waals surface area contributed by atoms with Crippen molar-refractivity contribution in [1.82, 2.24) is 20.4 Å². The highest BCUT2D eigenvalue weighted by molar-refractivity contribution is 5.79. The molecule has 29 heavy (non-hydrogen) atoms. The van der Waals surface area contributed by atoms with Gasteiger partial charge in [0.25, 0.3) is 0 Å². The van der Waals surface area contributed by atoms with Gasteiger partial charge in [0.15, 0.2) is 5.96 Å². The van der Waals surface area contributed by atoms with E-state index < -0.39 is 0 Å². The molecule has 1 aromatic carbocycles. The summed E-state index contributed by atoms with van der Waals surface area (Å²) in [5.41, 5.74) is 1.87. The second kappa shape index (κ2) is 12.1. The lowest BCUT2D eigenvalue weighted by Crippen LogP contribution is -2.40. The van der Waals surface area contributed by atoms with Crippen molar-refractivity contribution in [2.75, 3.05) is 26.8 Å². The van der Waals surface area contributed by atoms with Gasteiger partial charge in [-0.3, -0.25) is 0 Å². The number of ether oxygens (including phenoxy) is 1. The Balaban J connectivity index is 1.97. The van der Waals surface area contributed by atoms with Crippen LogP contribution >= 0.6 is 0 Å². The van der Waals surface area contributed by atoms with Gasteiger partial charge in [-0.05, 0) is 61.9 Å². The Kier molecular flexibility index (Phi) is 9.50. The van der Waals surface area contributed by atoms with Crippen LogP contribution in [-0.2, 0) is 6.54 Å². The van der Waals surface area contributed by atoms with E-state index in [2.05, 4.69) is 41.5 Å². The number of aliphatic hydroxyl groups is 1. The molecule has 0 amide bonds. The van der Waals surface area contributed by atoms with Gasteiger partial charge >= 0.3 is 0 Å². The largest absolute Gasteiger partial charge is 0.497 e. The van der Waals surface area contributed by atoms with Crippen molar-refractivity contribution >= 4 is 5.96 Å². The first-order chi connectivity index (χ1) is 14.0. The number of aliphatic imine (C=N–C) groups is 1. The van der Waals surface area contributed by atoms with Crippen LogP contribution in [0.5, 0.6) is 5.75 Å². The minimum atomic E-state index is 0.218. The topological polar surface area (TPSA) is 83.7 Å². The molecule has 0 radical (unpaired) electrons. The van der Waals surface area contributed by atoms with E-state index in [0.29, 0.717) is 18.4 Å². The molecule has 2 rings (SSSR count). The summed E-state index contributed by atoms with van der Waals surface area (Å²) in [6, 6.07) is 9.76. The zero-order chi connectivity index (χ0) is 21.1. The lowest BCUT2D eigenvalue weighted by atomic mass is 9.94. The van der Waals surface area contributed by atoms with Crippen LogP contribution in [0.15, 0.2) is 41.5 Å². The number of aromatic nitrogens is 2. The summed E-state index contributed by atoms with van der Waals surface area (Å²) >= 11 is 0. The van der Waals surface area contributed by atoms with E-state index in [1.165, 1.54) is 0 Å².